The van der Waals surface area contributed by atoms with E-state index in [0.717, 1.165) is 5.70 Å². The van der Waals surface area contributed by atoms with Crippen molar-refractivity contribution in [3.05, 3.63) is 46.8 Å². The molecule has 2 heterocycles. The number of methoxy groups -OCH3 is 1. The minimum absolute atomic E-state index is 0.0245. The van der Waals surface area contributed by atoms with E-state index < -0.39 is 0 Å². The number of aromatic nitrogens is 1. The number of amidine groups is 1. The van der Waals surface area contributed by atoms with Crippen molar-refractivity contribution in [1.29, 1.82) is 5.41 Å². The van der Waals surface area contributed by atoms with Crippen LogP contribution in [-0.2, 0) is 9.53 Å². The third-order valence-corrected chi connectivity index (χ3v) is 6.05. The molecule has 2 unspecified atom stereocenters. The van der Waals surface area contributed by atoms with Crippen LogP contribution in [0.2, 0.25) is 0 Å². The monoisotopic (exact) mass is 461 g/mol. The highest BCUT2D eigenvalue weighted by molar-refractivity contribution is 6.46. The summed E-state index contributed by atoms with van der Waals surface area (Å²) in [7, 11) is 1.66. The van der Waals surface area contributed by atoms with Gasteiger partial charge in [0.05, 0.1) is 6.54 Å². The van der Waals surface area contributed by atoms with Gasteiger partial charge in [0.15, 0.2) is 5.84 Å². The molecule has 3 rings (SSSR count). The van der Waals surface area contributed by atoms with Crippen molar-refractivity contribution in [2.24, 2.45) is 16.8 Å². The summed E-state index contributed by atoms with van der Waals surface area (Å²) in [5, 5.41) is 23.3. The number of amides is 1. The fourth-order valence-corrected chi connectivity index (χ4v) is 4.28. The largest absolute Gasteiger partial charge is 0.409 e. The van der Waals surface area contributed by atoms with Crippen LogP contribution < -0.4 is 11.1 Å². The van der Waals surface area contributed by atoms with Crippen LogP contribution in [0.15, 0.2) is 46.4 Å². The molecule has 0 radical (unpaired) electrons. The van der Waals surface area contributed by atoms with Gasteiger partial charge in [0, 0.05) is 61.7 Å². The molecule has 0 saturated carbocycles. The van der Waals surface area contributed by atoms with Gasteiger partial charge >= 0.3 is 0 Å². The molecule has 1 aliphatic heterocycles. The predicted octanol–water partition coefficient (Wildman–Crippen LogP) is 1.42. The smallest absolute Gasteiger partial charge is 0.242 e. The molecule has 2 atom stereocenters. The van der Waals surface area contributed by atoms with E-state index in [-0.39, 0.29) is 36.0 Å². The number of allylic oxidation sites excluding steroid dienone is 2. The first-order valence-corrected chi connectivity index (χ1v) is 10.6. The minimum Gasteiger partial charge on any atom is -0.409 e. The first kappa shape index (κ1) is 23.6. The molecule has 0 spiro atoms. The molecule has 1 aliphatic carbocycles. The van der Waals surface area contributed by atoms with Crippen molar-refractivity contribution >= 4 is 34.9 Å². The predicted molar refractivity (Wildman–Crippen MR) is 123 cm³/mol. The van der Waals surface area contributed by atoms with Gasteiger partial charge in [0.25, 0.3) is 0 Å². The van der Waals surface area contributed by atoms with E-state index in [1.807, 2.05) is 12.2 Å². The van der Waals surface area contributed by atoms with Crippen LogP contribution in [0.1, 0.15) is 12.5 Å². The molecule has 1 aromatic rings. The molecule has 172 valence electrons. The number of halogens is 1. The lowest BCUT2D eigenvalue weighted by atomic mass is 9.94. The quantitative estimate of drug-likeness (QED) is 0.208. The van der Waals surface area contributed by atoms with Gasteiger partial charge in [-0.2, -0.15) is 0 Å². The zero-order valence-electron chi connectivity index (χ0n) is 18.1. The number of oxime groups is 1. The number of anilines is 1. The fourth-order valence-electron chi connectivity index (χ4n) is 3.94. The fraction of sp³-hybridized carbons (Fsp3) is 0.429. The number of nitrogens with one attached hydrogen (secondary N) is 2. The van der Waals surface area contributed by atoms with Crippen molar-refractivity contribution in [1.82, 2.24) is 14.8 Å². The van der Waals surface area contributed by atoms with Crippen molar-refractivity contribution in [2.75, 3.05) is 45.2 Å². The molecule has 1 aromatic heterocycles. The molecule has 5 N–H and O–H groups in total. The second-order valence-electron chi connectivity index (χ2n) is 7.57. The Morgan fingerprint density at radius 1 is 1.41 bits per heavy atom. The maximum Gasteiger partial charge on any atom is 0.242 e. The van der Waals surface area contributed by atoms with Gasteiger partial charge in [-0.3, -0.25) is 10.2 Å². The van der Waals surface area contributed by atoms with Crippen LogP contribution in [0.4, 0.5) is 5.82 Å². The van der Waals surface area contributed by atoms with E-state index in [2.05, 4.69) is 27.3 Å². The summed E-state index contributed by atoms with van der Waals surface area (Å²) < 4.78 is 5.53. The first-order chi connectivity index (χ1) is 15.4. The molecule has 1 saturated heterocycles. The van der Waals surface area contributed by atoms with Gasteiger partial charge in [-0.25, -0.2) is 4.98 Å². The number of ether oxygens (including phenoxy) is 1. The van der Waals surface area contributed by atoms with Crippen LogP contribution in [-0.4, -0.2) is 83.4 Å². The summed E-state index contributed by atoms with van der Waals surface area (Å²) in [5.74, 6) is 0.0577. The van der Waals surface area contributed by atoms with Crippen LogP contribution >= 0.6 is 11.6 Å². The SMILES string of the molecule is COC1C(Cl)=CC=C(N2CCN(C(=O)CNc3ncccc3C(=N)/C(N)=N/O)CC2)C1C. The summed E-state index contributed by atoms with van der Waals surface area (Å²) in [6.45, 7) is 4.73. The van der Waals surface area contributed by atoms with E-state index in [1.54, 1.807) is 30.3 Å². The number of rotatable bonds is 7. The Bertz CT molecular complexity index is 954. The zero-order valence-corrected chi connectivity index (χ0v) is 18.8. The number of carbonyl (C=O) groups excluding carboxylic acids is 1. The van der Waals surface area contributed by atoms with Gasteiger partial charge in [-0.05, 0) is 24.3 Å². The lowest BCUT2D eigenvalue weighted by molar-refractivity contribution is -0.130. The zero-order chi connectivity index (χ0) is 23.3. The van der Waals surface area contributed by atoms with E-state index in [9.17, 15) is 4.79 Å². The van der Waals surface area contributed by atoms with Crippen molar-refractivity contribution in [3.63, 3.8) is 0 Å². The highest BCUT2D eigenvalue weighted by Gasteiger charge is 2.31. The number of piperazine rings is 1. The molecule has 1 amide bonds. The van der Waals surface area contributed by atoms with E-state index in [0.29, 0.717) is 42.6 Å². The molecule has 1 fully saturated rings. The second-order valence-corrected chi connectivity index (χ2v) is 8.01. The third kappa shape index (κ3) is 5.03. The Labute approximate surface area is 191 Å². The normalized spacial score (nSPS) is 21.7. The van der Waals surface area contributed by atoms with Crippen LogP contribution in [0.25, 0.3) is 0 Å². The summed E-state index contributed by atoms with van der Waals surface area (Å²) in [4.78, 5) is 21.0. The maximum absolute atomic E-state index is 12.7. The number of nitrogens with two attached hydrogens (primary N) is 1. The molecular weight excluding hydrogens is 434 g/mol. The van der Waals surface area contributed by atoms with Crippen molar-refractivity contribution in [2.45, 2.75) is 13.0 Å². The van der Waals surface area contributed by atoms with Crippen molar-refractivity contribution in [3.8, 4) is 0 Å². The highest BCUT2D eigenvalue weighted by atomic mass is 35.5. The Balaban J connectivity index is 1.57. The lowest BCUT2D eigenvalue weighted by Gasteiger charge is -2.41. The van der Waals surface area contributed by atoms with Crippen LogP contribution in [0, 0.1) is 11.3 Å². The first-order valence-electron chi connectivity index (χ1n) is 10.3. The van der Waals surface area contributed by atoms with E-state index in [1.165, 1.54) is 0 Å². The topological polar surface area (TPSA) is 140 Å². The molecule has 2 aliphatic rings. The number of carbonyl (C=O) groups is 1. The number of hydrogen-bond donors (Lipinski definition) is 4. The Morgan fingerprint density at radius 3 is 2.78 bits per heavy atom. The molecule has 11 heteroatoms. The van der Waals surface area contributed by atoms with Gasteiger partial charge in [-0.15, -0.1) is 0 Å². The number of nitrogens with zero attached hydrogens (tertiary/aromatic N) is 4. The Hall–Kier alpha value is -3.11. The summed E-state index contributed by atoms with van der Waals surface area (Å²) in [6.07, 6.45) is 5.29. The lowest BCUT2D eigenvalue weighted by Crippen LogP contribution is -2.51. The maximum atomic E-state index is 12.7. The molecule has 10 nitrogen and oxygen atoms in total. The average Bonchev–Trinajstić information content (AvgIpc) is 2.82. The number of pyridine rings is 1. The van der Waals surface area contributed by atoms with Gasteiger partial charge < -0.3 is 30.8 Å². The molecule has 32 heavy (non-hydrogen) atoms. The Kier molecular flexibility index (Phi) is 7.70. The highest BCUT2D eigenvalue weighted by Crippen LogP contribution is 2.32. The molecule has 0 bridgehead atoms. The van der Waals surface area contributed by atoms with Crippen molar-refractivity contribution < 1.29 is 14.7 Å². The van der Waals surface area contributed by atoms with E-state index >= 15 is 0 Å². The summed E-state index contributed by atoms with van der Waals surface area (Å²) in [5.41, 5.74) is 6.84. The van der Waals surface area contributed by atoms with Gasteiger partial charge in [0.2, 0.25) is 5.91 Å². The van der Waals surface area contributed by atoms with Gasteiger partial charge in [0.1, 0.15) is 17.6 Å². The molecular formula is C21H28ClN7O3. The van der Waals surface area contributed by atoms with E-state index in [4.69, 9.17) is 32.7 Å². The van der Waals surface area contributed by atoms with Crippen LogP contribution in [0.3, 0.4) is 0 Å². The summed E-state index contributed by atoms with van der Waals surface area (Å²) >= 11 is 6.26. The standard InChI is InChI=1S/C21H28ClN7O3/c1-13-16(6-5-15(22)19(13)32-2)28-8-10-29(11-9-28)17(30)12-26-21-14(4-3-7-25-21)18(23)20(24)27-31/h3-7,13,19,23,31H,8-12H2,1-2H3,(H2,24,27)(H,25,26). The second kappa shape index (κ2) is 10.5. The third-order valence-electron chi connectivity index (χ3n) is 5.71. The Morgan fingerprint density at radius 2 is 2.12 bits per heavy atom. The summed E-state index contributed by atoms with van der Waals surface area (Å²) in [6, 6.07) is 3.25. The molecule has 0 aromatic carbocycles. The van der Waals surface area contributed by atoms with Crippen LogP contribution in [0.5, 0.6) is 0 Å². The minimum atomic E-state index is -0.332. The number of hydrogen-bond acceptors (Lipinski definition) is 8. The van der Waals surface area contributed by atoms with Gasteiger partial charge in [-0.1, -0.05) is 23.7 Å². The average molecular weight is 462 g/mol.